The number of hydrogen-bond acceptors (Lipinski definition) is 5. The third kappa shape index (κ3) is 5.15. The molecule has 7 heteroatoms. The Hall–Kier alpha value is -2.67. The van der Waals surface area contributed by atoms with Crippen LogP contribution in [0.5, 0.6) is 0 Å². The second-order valence-electron chi connectivity index (χ2n) is 5.63. The lowest BCUT2D eigenvalue weighted by molar-refractivity contribution is -0.143. The topological polar surface area (TPSA) is 84.9 Å². The number of rotatable bonds is 6. The number of hydrogen-bond donors (Lipinski definition) is 1. The van der Waals surface area contributed by atoms with Gasteiger partial charge < -0.3 is 19.7 Å². The number of morpholine rings is 1. The van der Waals surface area contributed by atoms with Crippen molar-refractivity contribution in [1.29, 1.82) is 0 Å². The van der Waals surface area contributed by atoms with Gasteiger partial charge >= 0.3 is 5.97 Å². The minimum absolute atomic E-state index is 0.105. The van der Waals surface area contributed by atoms with Crippen molar-refractivity contribution in [2.24, 2.45) is 0 Å². The molecule has 2 rings (SSSR count). The van der Waals surface area contributed by atoms with Gasteiger partial charge in [-0.05, 0) is 23.8 Å². The monoisotopic (exact) mass is 346 g/mol. The summed E-state index contributed by atoms with van der Waals surface area (Å²) in [4.78, 5) is 37.1. The average Bonchev–Trinajstić information content (AvgIpc) is 2.66. The van der Waals surface area contributed by atoms with Gasteiger partial charge in [-0.3, -0.25) is 14.4 Å². The summed E-state index contributed by atoms with van der Waals surface area (Å²) in [5.74, 6) is -0.778. The van der Waals surface area contributed by atoms with Crippen LogP contribution >= 0.6 is 0 Å². The Balaban J connectivity index is 2.03. The lowest BCUT2D eigenvalue weighted by Crippen LogP contribution is -2.49. The fraction of sp³-hybridized carbons (Fsp3) is 0.389. The van der Waals surface area contributed by atoms with Crippen molar-refractivity contribution in [2.45, 2.75) is 19.0 Å². The number of methoxy groups -OCH3 is 1. The minimum atomic E-state index is -0.374. The Morgan fingerprint density at radius 2 is 2.08 bits per heavy atom. The van der Waals surface area contributed by atoms with E-state index in [2.05, 4.69) is 16.6 Å². The standard InChI is InChI=1S/C18H22N2O5/c1-3-16(21)19-11-13-4-6-14(7-5-13)18(23)20-8-9-25-12-15(20)10-17(22)24-2/h3-7,15H,1,8-12H2,2H3,(H,19,21). The molecule has 1 atom stereocenters. The van der Waals surface area contributed by atoms with E-state index in [4.69, 9.17) is 4.74 Å². The summed E-state index contributed by atoms with van der Waals surface area (Å²) in [6, 6.07) is 6.66. The van der Waals surface area contributed by atoms with Gasteiger partial charge in [0.15, 0.2) is 0 Å². The lowest BCUT2D eigenvalue weighted by Gasteiger charge is -2.35. The number of nitrogens with one attached hydrogen (secondary N) is 1. The Morgan fingerprint density at radius 3 is 2.72 bits per heavy atom. The highest BCUT2D eigenvalue weighted by atomic mass is 16.5. The van der Waals surface area contributed by atoms with E-state index in [1.165, 1.54) is 13.2 Å². The number of carbonyl (C=O) groups is 3. The molecule has 134 valence electrons. The molecule has 1 saturated heterocycles. The van der Waals surface area contributed by atoms with E-state index >= 15 is 0 Å². The van der Waals surface area contributed by atoms with Crippen LogP contribution < -0.4 is 5.32 Å². The number of benzene rings is 1. The molecular formula is C18H22N2O5. The largest absolute Gasteiger partial charge is 0.469 e. The van der Waals surface area contributed by atoms with Crippen LogP contribution in [0, 0.1) is 0 Å². The van der Waals surface area contributed by atoms with Crippen molar-refractivity contribution in [3.8, 4) is 0 Å². The number of amides is 2. The molecule has 1 aliphatic heterocycles. The molecule has 0 aliphatic carbocycles. The highest BCUT2D eigenvalue weighted by Crippen LogP contribution is 2.16. The number of ether oxygens (including phenoxy) is 2. The lowest BCUT2D eigenvalue weighted by atomic mass is 10.1. The summed E-state index contributed by atoms with van der Waals surface area (Å²) in [6.07, 6.45) is 1.31. The molecule has 1 aromatic rings. The molecule has 0 bridgehead atoms. The van der Waals surface area contributed by atoms with Crippen LogP contribution in [0.3, 0.4) is 0 Å². The molecule has 1 fully saturated rings. The molecule has 1 aromatic carbocycles. The smallest absolute Gasteiger partial charge is 0.307 e. The van der Waals surface area contributed by atoms with E-state index < -0.39 is 0 Å². The Bertz CT molecular complexity index is 641. The predicted octanol–water partition coefficient (Wildman–Crippen LogP) is 0.893. The first-order valence-corrected chi connectivity index (χ1v) is 8.00. The molecule has 0 aromatic heterocycles. The molecule has 1 N–H and O–H groups in total. The first-order chi connectivity index (χ1) is 12.0. The van der Waals surface area contributed by atoms with Gasteiger partial charge in [-0.2, -0.15) is 0 Å². The van der Waals surface area contributed by atoms with Gasteiger partial charge in [-0.1, -0.05) is 18.7 Å². The van der Waals surface area contributed by atoms with Crippen LogP contribution in [0.2, 0.25) is 0 Å². The molecule has 1 unspecified atom stereocenters. The van der Waals surface area contributed by atoms with Gasteiger partial charge in [0.05, 0.1) is 32.8 Å². The molecule has 1 aliphatic rings. The van der Waals surface area contributed by atoms with E-state index in [0.717, 1.165) is 5.56 Å². The predicted molar refractivity (Wildman–Crippen MR) is 90.8 cm³/mol. The van der Waals surface area contributed by atoms with Crippen molar-refractivity contribution in [3.63, 3.8) is 0 Å². The summed E-state index contributed by atoms with van der Waals surface area (Å²) >= 11 is 0. The quantitative estimate of drug-likeness (QED) is 0.611. The van der Waals surface area contributed by atoms with E-state index in [0.29, 0.717) is 31.9 Å². The highest BCUT2D eigenvalue weighted by Gasteiger charge is 2.30. The third-order valence-corrected chi connectivity index (χ3v) is 3.97. The third-order valence-electron chi connectivity index (χ3n) is 3.97. The van der Waals surface area contributed by atoms with Crippen LogP contribution in [0.4, 0.5) is 0 Å². The SMILES string of the molecule is C=CC(=O)NCc1ccc(C(=O)N2CCOCC2CC(=O)OC)cc1. The fourth-order valence-corrected chi connectivity index (χ4v) is 2.56. The van der Waals surface area contributed by atoms with Crippen molar-refractivity contribution >= 4 is 17.8 Å². The summed E-state index contributed by atoms with van der Waals surface area (Å²) < 4.78 is 10.1. The fourth-order valence-electron chi connectivity index (χ4n) is 2.56. The van der Waals surface area contributed by atoms with Gasteiger partial charge in [0.1, 0.15) is 0 Å². The zero-order valence-corrected chi connectivity index (χ0v) is 14.2. The molecule has 0 radical (unpaired) electrons. The zero-order chi connectivity index (χ0) is 18.2. The molecule has 2 amide bonds. The van der Waals surface area contributed by atoms with Gasteiger partial charge in [-0.25, -0.2) is 0 Å². The second-order valence-corrected chi connectivity index (χ2v) is 5.63. The zero-order valence-electron chi connectivity index (χ0n) is 14.2. The van der Waals surface area contributed by atoms with Gasteiger partial charge in [-0.15, -0.1) is 0 Å². The number of carbonyl (C=O) groups excluding carboxylic acids is 3. The molecule has 0 spiro atoms. The van der Waals surface area contributed by atoms with Crippen molar-refractivity contribution < 1.29 is 23.9 Å². The molecule has 25 heavy (non-hydrogen) atoms. The van der Waals surface area contributed by atoms with Crippen LogP contribution in [0.1, 0.15) is 22.3 Å². The van der Waals surface area contributed by atoms with Crippen LogP contribution in [0.25, 0.3) is 0 Å². The number of nitrogens with zero attached hydrogens (tertiary/aromatic N) is 1. The van der Waals surface area contributed by atoms with E-state index in [1.807, 2.05) is 0 Å². The average molecular weight is 346 g/mol. The molecular weight excluding hydrogens is 324 g/mol. The summed E-state index contributed by atoms with van der Waals surface area (Å²) in [6.45, 7) is 4.93. The van der Waals surface area contributed by atoms with Gasteiger partial charge in [0.25, 0.3) is 5.91 Å². The molecule has 7 nitrogen and oxygen atoms in total. The van der Waals surface area contributed by atoms with Gasteiger partial charge in [0.2, 0.25) is 5.91 Å². The summed E-state index contributed by atoms with van der Waals surface area (Å²) in [5, 5.41) is 2.68. The van der Waals surface area contributed by atoms with Crippen molar-refractivity contribution in [2.75, 3.05) is 26.9 Å². The number of esters is 1. The van der Waals surface area contributed by atoms with Crippen molar-refractivity contribution in [1.82, 2.24) is 10.2 Å². The first-order valence-electron chi connectivity index (χ1n) is 8.00. The maximum absolute atomic E-state index is 12.7. The normalized spacial score (nSPS) is 16.8. The van der Waals surface area contributed by atoms with E-state index in [-0.39, 0.29) is 30.2 Å². The van der Waals surface area contributed by atoms with E-state index in [1.54, 1.807) is 29.2 Å². The first kappa shape index (κ1) is 18.7. The van der Waals surface area contributed by atoms with Crippen LogP contribution in [0.15, 0.2) is 36.9 Å². The van der Waals surface area contributed by atoms with Crippen LogP contribution in [-0.4, -0.2) is 55.6 Å². The van der Waals surface area contributed by atoms with Gasteiger partial charge in [0, 0.05) is 18.7 Å². The van der Waals surface area contributed by atoms with Crippen LogP contribution in [-0.2, 0) is 25.6 Å². The molecule has 1 heterocycles. The maximum Gasteiger partial charge on any atom is 0.307 e. The maximum atomic E-state index is 12.7. The molecule has 0 saturated carbocycles. The van der Waals surface area contributed by atoms with Crippen molar-refractivity contribution in [3.05, 3.63) is 48.0 Å². The Kier molecular flexibility index (Phi) is 6.71. The Labute approximate surface area is 146 Å². The Morgan fingerprint density at radius 1 is 1.36 bits per heavy atom. The second kappa shape index (κ2) is 8.98. The summed E-state index contributed by atoms with van der Waals surface area (Å²) in [5.41, 5.74) is 1.40. The van der Waals surface area contributed by atoms with E-state index in [9.17, 15) is 14.4 Å². The minimum Gasteiger partial charge on any atom is -0.469 e. The highest BCUT2D eigenvalue weighted by molar-refractivity contribution is 5.94. The summed E-state index contributed by atoms with van der Waals surface area (Å²) in [7, 11) is 1.32.